The van der Waals surface area contributed by atoms with E-state index in [9.17, 15) is 24.3 Å². The van der Waals surface area contributed by atoms with Crippen molar-refractivity contribution in [3.63, 3.8) is 0 Å². The highest BCUT2D eigenvalue weighted by Crippen LogP contribution is 2.39. The zero-order chi connectivity index (χ0) is 31.7. The van der Waals surface area contributed by atoms with Gasteiger partial charge in [0.05, 0.1) is 13.0 Å². The third-order valence-corrected chi connectivity index (χ3v) is 8.47. The van der Waals surface area contributed by atoms with E-state index in [-0.39, 0.29) is 35.5 Å². The number of ether oxygens (including phenoxy) is 1. The molecule has 0 saturated heterocycles. The Hall–Kier alpha value is -4.70. The van der Waals surface area contributed by atoms with Gasteiger partial charge in [0.25, 0.3) is 5.91 Å². The number of nitrogens with one attached hydrogen (secondary N) is 2. The molecule has 0 bridgehead atoms. The van der Waals surface area contributed by atoms with Gasteiger partial charge in [-0.3, -0.25) is 9.59 Å². The second-order valence-electron chi connectivity index (χ2n) is 11.3. The molecule has 0 heterocycles. The van der Waals surface area contributed by atoms with Crippen LogP contribution in [0, 0.1) is 0 Å². The van der Waals surface area contributed by atoms with Gasteiger partial charge in [0.15, 0.2) is 18.0 Å². The number of para-hydroxylation sites is 3. The first-order valence-corrected chi connectivity index (χ1v) is 14.9. The van der Waals surface area contributed by atoms with E-state index in [1.807, 2.05) is 55.6 Å². The van der Waals surface area contributed by atoms with E-state index in [2.05, 4.69) is 10.6 Å². The van der Waals surface area contributed by atoms with Crippen molar-refractivity contribution in [1.29, 1.82) is 0 Å². The summed E-state index contributed by atoms with van der Waals surface area (Å²) in [6.07, 6.45) is 4.77. The molecule has 1 aliphatic carbocycles. The molecule has 3 aromatic carbocycles. The minimum Gasteiger partial charge on any atom is -0.481 e. The van der Waals surface area contributed by atoms with Crippen LogP contribution >= 0.6 is 0 Å². The Kier molecular flexibility index (Phi) is 10.7. The maximum Gasteiger partial charge on any atom is 0.338 e. The number of urea groups is 1. The number of nitrogens with zero attached hydrogens (tertiary/aromatic N) is 2. The molecule has 44 heavy (non-hydrogen) atoms. The van der Waals surface area contributed by atoms with E-state index in [1.165, 1.54) is 4.90 Å². The monoisotopic (exact) mass is 601 g/mol. The van der Waals surface area contributed by atoms with E-state index in [1.54, 1.807) is 44.3 Å². The predicted molar refractivity (Wildman–Crippen MR) is 171 cm³/mol. The topological polar surface area (TPSA) is 125 Å². The minimum absolute atomic E-state index is 0.0252. The molecule has 0 spiro atoms. The van der Waals surface area contributed by atoms with E-state index < -0.39 is 17.9 Å². The Morgan fingerprint density at radius 1 is 0.955 bits per heavy atom. The molecule has 10 heteroatoms. The molecule has 0 aromatic heterocycles. The summed E-state index contributed by atoms with van der Waals surface area (Å²) < 4.78 is 6.00. The summed E-state index contributed by atoms with van der Waals surface area (Å²) in [5.41, 5.74) is 2.36. The van der Waals surface area contributed by atoms with Crippen LogP contribution in [0.4, 0.5) is 21.9 Å². The van der Waals surface area contributed by atoms with E-state index in [0.717, 1.165) is 37.8 Å². The number of carboxylic acid groups (broad SMARTS) is 1. The number of carbonyl (C=O) groups excluding carboxylic acids is 3. The van der Waals surface area contributed by atoms with E-state index in [4.69, 9.17) is 4.74 Å². The molecule has 2 atom stereocenters. The van der Waals surface area contributed by atoms with Gasteiger partial charge in [0.2, 0.25) is 0 Å². The first-order chi connectivity index (χ1) is 21.1. The first kappa shape index (κ1) is 32.2. The van der Waals surface area contributed by atoms with Gasteiger partial charge in [-0.2, -0.15) is 0 Å². The molecule has 1 fully saturated rings. The van der Waals surface area contributed by atoms with Crippen LogP contribution in [0.15, 0.2) is 78.9 Å². The van der Waals surface area contributed by atoms with Crippen molar-refractivity contribution in [1.82, 2.24) is 9.80 Å². The SMILES string of the molecule is CC(C(=O)O)c1cccc(NC(=O)NCC(=O)[N+](C)(c2ccccc2OCC(=O)N(C)c2ccccc2)C2CCCCC2)c1. The number of hydrogen-bond donors (Lipinski definition) is 3. The van der Waals surface area contributed by atoms with Crippen LogP contribution in [0.5, 0.6) is 5.75 Å². The number of aliphatic carboxylic acids is 1. The molecule has 232 valence electrons. The summed E-state index contributed by atoms with van der Waals surface area (Å²) in [5.74, 6) is -1.70. The first-order valence-electron chi connectivity index (χ1n) is 14.9. The van der Waals surface area contributed by atoms with Crippen LogP contribution in [-0.4, -0.2) is 62.2 Å². The molecule has 3 N–H and O–H groups in total. The maximum absolute atomic E-state index is 14.1. The van der Waals surface area contributed by atoms with Gasteiger partial charge in [0.1, 0.15) is 12.6 Å². The molecule has 3 aromatic rings. The fourth-order valence-electron chi connectivity index (χ4n) is 5.65. The molecular weight excluding hydrogens is 560 g/mol. The molecule has 2 unspecified atom stereocenters. The predicted octanol–water partition coefficient (Wildman–Crippen LogP) is 5.53. The molecule has 0 aliphatic heterocycles. The Morgan fingerprint density at radius 3 is 2.34 bits per heavy atom. The average molecular weight is 602 g/mol. The normalized spacial score (nSPS) is 15.3. The molecule has 10 nitrogen and oxygen atoms in total. The standard InChI is InChI=1S/C34H40N4O6/c1-24(33(41)42)25-13-12-14-26(21-25)36-34(43)35-22-32(40)38(3,28-17-8-5-9-18-28)29-19-10-11-20-30(29)44-23-31(39)37(2)27-15-6-4-7-16-27/h4,6-7,10-16,19-21,24,28H,5,8-9,17-18,22-23H2,1-3H3,(H2-,35,36,41,42,43)/p+1. The number of amides is 4. The number of quaternary nitrogens is 1. The van der Waals surface area contributed by atoms with Gasteiger partial charge in [-0.05, 0) is 55.7 Å². The third-order valence-electron chi connectivity index (χ3n) is 8.47. The molecule has 0 radical (unpaired) electrons. The largest absolute Gasteiger partial charge is 0.481 e. The lowest BCUT2D eigenvalue weighted by atomic mass is 9.91. The van der Waals surface area contributed by atoms with Crippen LogP contribution in [0.3, 0.4) is 0 Å². The number of hydrogen-bond acceptors (Lipinski definition) is 5. The molecule has 1 aliphatic rings. The molecule has 4 amide bonds. The quantitative estimate of drug-likeness (QED) is 0.248. The number of carboxylic acids is 1. The number of anilines is 2. The lowest BCUT2D eigenvalue weighted by molar-refractivity contribution is -0.138. The number of benzene rings is 3. The second-order valence-corrected chi connectivity index (χ2v) is 11.3. The Bertz CT molecular complexity index is 1470. The van der Waals surface area contributed by atoms with Crippen LogP contribution in [0.25, 0.3) is 0 Å². The summed E-state index contributed by atoms with van der Waals surface area (Å²) in [5, 5.41) is 14.7. The van der Waals surface area contributed by atoms with Crippen molar-refractivity contribution >= 4 is 40.9 Å². The van der Waals surface area contributed by atoms with Crippen LogP contribution in [0.2, 0.25) is 0 Å². The molecule has 4 rings (SSSR count). The van der Waals surface area contributed by atoms with Crippen molar-refractivity contribution < 1.29 is 29.0 Å². The Morgan fingerprint density at radius 2 is 1.64 bits per heavy atom. The average Bonchev–Trinajstić information content (AvgIpc) is 3.06. The zero-order valence-corrected chi connectivity index (χ0v) is 25.5. The number of likely N-dealkylation sites (N-methyl/N-ethyl adjacent to an activating group) is 2. The highest BCUT2D eigenvalue weighted by atomic mass is 16.5. The minimum atomic E-state index is -0.964. The van der Waals surface area contributed by atoms with Crippen molar-refractivity contribution in [2.45, 2.75) is 51.0 Å². The summed E-state index contributed by atoms with van der Waals surface area (Å²) >= 11 is 0. The van der Waals surface area contributed by atoms with Crippen molar-refractivity contribution in [3.05, 3.63) is 84.4 Å². The van der Waals surface area contributed by atoms with Crippen LogP contribution < -0.4 is 24.8 Å². The van der Waals surface area contributed by atoms with Gasteiger partial charge in [-0.1, -0.05) is 48.9 Å². The molecule has 1 saturated carbocycles. The van der Waals surface area contributed by atoms with Gasteiger partial charge in [-0.25, -0.2) is 14.1 Å². The summed E-state index contributed by atoms with van der Waals surface area (Å²) in [7, 11) is 3.55. The van der Waals surface area contributed by atoms with Crippen molar-refractivity contribution in [2.24, 2.45) is 0 Å². The highest BCUT2D eigenvalue weighted by molar-refractivity contribution is 5.97. The highest BCUT2D eigenvalue weighted by Gasteiger charge is 2.44. The Balaban J connectivity index is 1.50. The van der Waals surface area contributed by atoms with Crippen LogP contribution in [-0.2, 0) is 14.4 Å². The van der Waals surface area contributed by atoms with Gasteiger partial charge >= 0.3 is 17.9 Å². The maximum atomic E-state index is 14.1. The van der Waals surface area contributed by atoms with Crippen molar-refractivity contribution in [3.8, 4) is 5.75 Å². The van der Waals surface area contributed by atoms with E-state index >= 15 is 0 Å². The summed E-state index contributed by atoms with van der Waals surface area (Å²) in [4.78, 5) is 52.8. The van der Waals surface area contributed by atoms with Gasteiger partial charge in [0, 0.05) is 37.3 Å². The smallest absolute Gasteiger partial charge is 0.338 e. The fourth-order valence-corrected chi connectivity index (χ4v) is 5.65. The van der Waals surface area contributed by atoms with Gasteiger partial charge < -0.3 is 25.4 Å². The second kappa shape index (κ2) is 14.7. The van der Waals surface area contributed by atoms with Gasteiger partial charge in [-0.15, -0.1) is 0 Å². The van der Waals surface area contributed by atoms with Crippen molar-refractivity contribution in [2.75, 3.05) is 37.5 Å². The third kappa shape index (κ3) is 7.62. The van der Waals surface area contributed by atoms with E-state index in [0.29, 0.717) is 22.7 Å². The number of rotatable bonds is 11. The number of carbonyl (C=O) groups is 4. The zero-order valence-electron chi connectivity index (χ0n) is 25.5. The van der Waals surface area contributed by atoms with Crippen LogP contribution in [0.1, 0.15) is 50.5 Å². The lowest BCUT2D eigenvalue weighted by Gasteiger charge is -2.41. The molecular formula is C34H41N4O6+. The Labute approximate surface area is 258 Å². The fraction of sp³-hybridized carbons (Fsp3) is 0.353. The summed E-state index contributed by atoms with van der Waals surface area (Å²) in [6, 6.07) is 22.6. The summed E-state index contributed by atoms with van der Waals surface area (Å²) in [6.45, 7) is 1.12. The lowest BCUT2D eigenvalue weighted by Crippen LogP contribution is -2.61.